The number of likely N-dealkylation sites (tertiary alicyclic amines) is 1. The molecule has 2 aliphatic heterocycles. The average Bonchev–Trinajstić information content (AvgIpc) is 2.94. The predicted molar refractivity (Wildman–Crippen MR) is 90.1 cm³/mol. The van der Waals surface area contributed by atoms with Crippen LogP contribution in [0.2, 0.25) is 0 Å². The second-order valence-corrected chi connectivity index (χ2v) is 6.71. The topological polar surface area (TPSA) is 66.6 Å². The van der Waals surface area contributed by atoms with Gasteiger partial charge in [-0.3, -0.25) is 9.59 Å². The van der Waals surface area contributed by atoms with Crippen LogP contribution < -0.4 is 10.6 Å². The van der Waals surface area contributed by atoms with Crippen molar-refractivity contribution in [1.82, 2.24) is 4.90 Å². The number of nitrogens with zero attached hydrogens (tertiary/aromatic N) is 2. The number of hydrogen-bond donors (Lipinski definition) is 1. The Balaban J connectivity index is 1.62. The molecule has 2 fully saturated rings. The van der Waals surface area contributed by atoms with Crippen molar-refractivity contribution in [2.45, 2.75) is 51.1 Å². The Labute approximate surface area is 137 Å². The van der Waals surface area contributed by atoms with Crippen molar-refractivity contribution in [3.8, 4) is 0 Å². The number of rotatable bonds is 3. The summed E-state index contributed by atoms with van der Waals surface area (Å²) in [6.07, 6.45) is 3.73. The molecule has 0 unspecified atom stereocenters. The average molecular weight is 315 g/mol. The fourth-order valence-electron chi connectivity index (χ4n) is 3.57. The van der Waals surface area contributed by atoms with E-state index in [0.717, 1.165) is 43.6 Å². The molecular formula is C18H25N3O2. The van der Waals surface area contributed by atoms with Crippen LogP contribution in [0.5, 0.6) is 0 Å². The van der Waals surface area contributed by atoms with E-state index in [9.17, 15) is 9.59 Å². The minimum Gasteiger partial charge on any atom is -0.340 e. The number of hydrogen-bond acceptors (Lipinski definition) is 3. The molecule has 0 saturated carbocycles. The zero-order chi connectivity index (χ0) is 16.4. The first kappa shape index (κ1) is 16.0. The maximum absolute atomic E-state index is 12.5. The summed E-state index contributed by atoms with van der Waals surface area (Å²) in [6.45, 7) is 3.61. The molecule has 5 nitrogen and oxygen atoms in total. The van der Waals surface area contributed by atoms with Crippen LogP contribution in [-0.2, 0) is 16.0 Å². The fraction of sp³-hybridized carbons (Fsp3) is 0.556. The Morgan fingerprint density at radius 3 is 2.61 bits per heavy atom. The van der Waals surface area contributed by atoms with E-state index in [0.29, 0.717) is 12.8 Å². The number of piperidine rings is 1. The van der Waals surface area contributed by atoms with E-state index >= 15 is 0 Å². The first-order valence-electron chi connectivity index (χ1n) is 8.49. The lowest BCUT2D eigenvalue weighted by atomic mass is 9.98. The monoisotopic (exact) mass is 315 g/mol. The van der Waals surface area contributed by atoms with Gasteiger partial charge in [0.15, 0.2) is 0 Å². The number of carbonyl (C=O) groups excluding carboxylic acids is 2. The summed E-state index contributed by atoms with van der Waals surface area (Å²) in [6, 6.07) is 8.24. The SMILES string of the molecule is C[C@@H]1C[C@@H](N)CCN1C(=O)Cc1ccc(N2CCCC2=O)cc1. The summed E-state index contributed by atoms with van der Waals surface area (Å²) >= 11 is 0. The highest BCUT2D eigenvalue weighted by atomic mass is 16.2. The molecule has 3 rings (SSSR count). The number of amides is 2. The molecule has 1 aromatic rings. The molecule has 2 heterocycles. The molecule has 2 atom stereocenters. The molecule has 0 spiro atoms. The maximum Gasteiger partial charge on any atom is 0.227 e. The van der Waals surface area contributed by atoms with Gasteiger partial charge in [-0.1, -0.05) is 12.1 Å². The Hall–Kier alpha value is -1.88. The zero-order valence-corrected chi connectivity index (χ0v) is 13.7. The molecule has 2 N–H and O–H groups in total. The molecule has 2 aliphatic rings. The maximum atomic E-state index is 12.5. The van der Waals surface area contributed by atoms with Crippen molar-refractivity contribution in [3.05, 3.63) is 29.8 Å². The quantitative estimate of drug-likeness (QED) is 0.923. The third kappa shape index (κ3) is 3.55. The number of carbonyl (C=O) groups is 2. The van der Waals surface area contributed by atoms with Crippen LogP contribution in [0, 0.1) is 0 Å². The van der Waals surface area contributed by atoms with Crippen LogP contribution in [-0.4, -0.2) is 41.9 Å². The summed E-state index contributed by atoms with van der Waals surface area (Å²) < 4.78 is 0. The van der Waals surface area contributed by atoms with E-state index in [-0.39, 0.29) is 23.9 Å². The molecule has 0 bridgehead atoms. The Kier molecular flexibility index (Phi) is 4.66. The molecule has 0 aliphatic carbocycles. The Morgan fingerprint density at radius 1 is 1.26 bits per heavy atom. The normalized spacial score (nSPS) is 25.0. The molecule has 5 heteroatoms. The van der Waals surface area contributed by atoms with Crippen molar-refractivity contribution in [2.75, 3.05) is 18.0 Å². The van der Waals surface area contributed by atoms with Crippen molar-refractivity contribution in [3.63, 3.8) is 0 Å². The standard InChI is InChI=1S/C18H25N3O2/c1-13-11-15(19)8-10-20(13)18(23)12-14-4-6-16(7-5-14)21-9-2-3-17(21)22/h4-7,13,15H,2-3,8-12,19H2,1H3/t13-,15+/m1/s1. The highest BCUT2D eigenvalue weighted by Crippen LogP contribution is 2.22. The zero-order valence-electron chi connectivity index (χ0n) is 13.7. The smallest absolute Gasteiger partial charge is 0.227 e. The summed E-state index contributed by atoms with van der Waals surface area (Å²) in [5.41, 5.74) is 7.88. The van der Waals surface area contributed by atoms with Crippen LogP contribution in [0.4, 0.5) is 5.69 Å². The van der Waals surface area contributed by atoms with Crippen LogP contribution in [0.25, 0.3) is 0 Å². The second-order valence-electron chi connectivity index (χ2n) is 6.71. The molecule has 0 radical (unpaired) electrons. The van der Waals surface area contributed by atoms with Gasteiger partial charge in [0.05, 0.1) is 6.42 Å². The summed E-state index contributed by atoms with van der Waals surface area (Å²) in [5, 5.41) is 0. The minimum atomic E-state index is 0.161. The summed E-state index contributed by atoms with van der Waals surface area (Å²) in [4.78, 5) is 28.0. The number of nitrogens with two attached hydrogens (primary N) is 1. The number of anilines is 1. The van der Waals surface area contributed by atoms with E-state index in [4.69, 9.17) is 5.73 Å². The van der Waals surface area contributed by atoms with Crippen LogP contribution >= 0.6 is 0 Å². The van der Waals surface area contributed by atoms with Crippen molar-refractivity contribution in [2.24, 2.45) is 5.73 Å². The van der Waals surface area contributed by atoms with Gasteiger partial charge in [-0.15, -0.1) is 0 Å². The van der Waals surface area contributed by atoms with Gasteiger partial charge >= 0.3 is 0 Å². The minimum absolute atomic E-state index is 0.161. The molecule has 0 aromatic heterocycles. The van der Waals surface area contributed by atoms with E-state index in [1.165, 1.54) is 0 Å². The van der Waals surface area contributed by atoms with Crippen LogP contribution in [0.1, 0.15) is 38.2 Å². The van der Waals surface area contributed by atoms with Crippen molar-refractivity contribution >= 4 is 17.5 Å². The van der Waals surface area contributed by atoms with E-state index in [2.05, 4.69) is 6.92 Å². The largest absolute Gasteiger partial charge is 0.340 e. The van der Waals surface area contributed by atoms with Gasteiger partial charge in [-0.25, -0.2) is 0 Å². The van der Waals surface area contributed by atoms with E-state index < -0.39 is 0 Å². The van der Waals surface area contributed by atoms with Gasteiger partial charge in [-0.05, 0) is 43.9 Å². The molecule has 2 amide bonds. The van der Waals surface area contributed by atoms with Crippen molar-refractivity contribution < 1.29 is 9.59 Å². The molecule has 124 valence electrons. The van der Waals surface area contributed by atoms with Crippen molar-refractivity contribution in [1.29, 1.82) is 0 Å². The predicted octanol–water partition coefficient (Wildman–Crippen LogP) is 1.69. The molecular weight excluding hydrogens is 290 g/mol. The second kappa shape index (κ2) is 6.71. The highest BCUT2D eigenvalue weighted by molar-refractivity contribution is 5.95. The molecule has 2 saturated heterocycles. The van der Waals surface area contributed by atoms with Crippen LogP contribution in [0.3, 0.4) is 0 Å². The van der Waals surface area contributed by atoms with Gasteiger partial charge in [0.25, 0.3) is 0 Å². The molecule has 23 heavy (non-hydrogen) atoms. The van der Waals surface area contributed by atoms with Gasteiger partial charge in [0, 0.05) is 37.3 Å². The van der Waals surface area contributed by atoms with E-state index in [1.54, 1.807) is 0 Å². The lowest BCUT2D eigenvalue weighted by molar-refractivity contribution is -0.133. The lowest BCUT2D eigenvalue weighted by Gasteiger charge is -2.36. The lowest BCUT2D eigenvalue weighted by Crippen LogP contribution is -2.48. The van der Waals surface area contributed by atoms with Gasteiger partial charge in [-0.2, -0.15) is 0 Å². The third-order valence-corrected chi connectivity index (χ3v) is 4.91. The van der Waals surface area contributed by atoms with Gasteiger partial charge in [0.1, 0.15) is 0 Å². The highest BCUT2D eigenvalue weighted by Gasteiger charge is 2.27. The molecule has 1 aromatic carbocycles. The Bertz CT molecular complexity index is 584. The summed E-state index contributed by atoms with van der Waals surface area (Å²) in [5.74, 6) is 0.349. The fourth-order valence-corrected chi connectivity index (χ4v) is 3.57. The Morgan fingerprint density at radius 2 is 2.00 bits per heavy atom. The third-order valence-electron chi connectivity index (χ3n) is 4.91. The first-order valence-corrected chi connectivity index (χ1v) is 8.49. The van der Waals surface area contributed by atoms with Gasteiger partial charge < -0.3 is 15.5 Å². The number of benzene rings is 1. The summed E-state index contributed by atoms with van der Waals surface area (Å²) in [7, 11) is 0. The first-order chi connectivity index (χ1) is 11.0. The van der Waals surface area contributed by atoms with E-state index in [1.807, 2.05) is 34.1 Å². The van der Waals surface area contributed by atoms with Gasteiger partial charge in [0.2, 0.25) is 11.8 Å². The van der Waals surface area contributed by atoms with Crippen LogP contribution in [0.15, 0.2) is 24.3 Å².